The van der Waals surface area contributed by atoms with Gasteiger partial charge in [0.15, 0.2) is 0 Å². The molecule has 4 aliphatic rings. The number of pyridine rings is 2. The van der Waals surface area contributed by atoms with Crippen molar-refractivity contribution in [1.82, 2.24) is 19.1 Å². The first kappa shape index (κ1) is 49.6. The van der Waals surface area contributed by atoms with Crippen LogP contribution in [0.3, 0.4) is 0 Å². The van der Waals surface area contributed by atoms with Crippen molar-refractivity contribution in [2.75, 3.05) is 39.5 Å². The molecule has 2 atom stereocenters. The third-order valence-electron chi connectivity index (χ3n) is 16.2. The predicted molar refractivity (Wildman–Crippen MR) is 302 cm³/mol. The maximum Gasteiger partial charge on any atom is 0.0960 e. The molecule has 4 aliphatic heterocycles. The van der Waals surface area contributed by atoms with E-state index in [1.165, 1.54) is 33.4 Å². The summed E-state index contributed by atoms with van der Waals surface area (Å²) >= 11 is 0. The highest BCUT2D eigenvalue weighted by atomic mass is 16.5. The summed E-state index contributed by atoms with van der Waals surface area (Å²) in [5.41, 5.74) is 18.4. The van der Waals surface area contributed by atoms with Gasteiger partial charge in [-0.1, -0.05) is 84.9 Å². The first-order valence-corrected chi connectivity index (χ1v) is 26.7. The first-order chi connectivity index (χ1) is 35.7. The molecular weight excluding hydrogens is 917 g/mol. The van der Waals surface area contributed by atoms with Gasteiger partial charge in [-0.05, 0) is 151 Å². The number of allylic oxidation sites excluding steroid dienone is 2. The van der Waals surface area contributed by atoms with Crippen LogP contribution >= 0.6 is 0 Å². The van der Waals surface area contributed by atoms with E-state index in [9.17, 15) is 10.2 Å². The van der Waals surface area contributed by atoms with Gasteiger partial charge in [-0.25, -0.2) is 0 Å². The van der Waals surface area contributed by atoms with Gasteiger partial charge in [0.2, 0.25) is 0 Å². The van der Waals surface area contributed by atoms with Gasteiger partial charge in [-0.2, -0.15) is 0 Å². The number of benzene rings is 4. The van der Waals surface area contributed by atoms with Crippen LogP contribution in [-0.2, 0) is 20.7 Å². The summed E-state index contributed by atoms with van der Waals surface area (Å²) in [6, 6.07) is 39.2. The van der Waals surface area contributed by atoms with E-state index in [1.54, 1.807) is 0 Å². The summed E-state index contributed by atoms with van der Waals surface area (Å²) in [7, 11) is 0. The minimum Gasteiger partial charge on any atom is -0.386 e. The van der Waals surface area contributed by atoms with Crippen LogP contribution in [-0.4, -0.2) is 80.3 Å². The molecule has 0 aliphatic carbocycles. The summed E-state index contributed by atoms with van der Waals surface area (Å²) in [5.74, 6) is 0.861. The largest absolute Gasteiger partial charge is 0.386 e. The second-order valence-electron chi connectivity index (χ2n) is 22.2. The Bertz CT molecular complexity index is 3300. The molecule has 2 unspecified atom stereocenters. The summed E-state index contributed by atoms with van der Waals surface area (Å²) in [6.07, 6.45) is 8.05. The minimum atomic E-state index is -0.936. The lowest BCUT2D eigenvalue weighted by atomic mass is 9.86. The Hall–Kier alpha value is -6.56. The molecular formula is C64H70N6O4. The molecule has 12 rings (SSSR count). The van der Waals surface area contributed by atoms with Gasteiger partial charge >= 0.3 is 0 Å². The van der Waals surface area contributed by atoms with Crippen LogP contribution in [0.4, 0.5) is 0 Å². The van der Waals surface area contributed by atoms with E-state index in [0.29, 0.717) is 11.8 Å². The van der Waals surface area contributed by atoms with E-state index >= 15 is 0 Å². The molecule has 8 heterocycles. The number of fused-ring (bicyclic) bond motifs is 6. The molecule has 8 aromatic rings. The maximum absolute atomic E-state index is 10.9. The number of aliphatic imine (C=N–C) groups is 2. The Morgan fingerprint density at radius 1 is 0.500 bits per heavy atom. The van der Waals surface area contributed by atoms with Crippen molar-refractivity contribution >= 4 is 66.4 Å². The van der Waals surface area contributed by atoms with Crippen molar-refractivity contribution in [3.05, 3.63) is 166 Å². The number of ether oxygens (including phenoxy) is 2. The topological polar surface area (TPSA) is 119 Å². The molecule has 2 N–H and O–H groups in total. The summed E-state index contributed by atoms with van der Waals surface area (Å²) in [4.78, 5) is 19.5. The van der Waals surface area contributed by atoms with Gasteiger partial charge in [0.1, 0.15) is 0 Å². The monoisotopic (exact) mass is 987 g/mol. The van der Waals surface area contributed by atoms with E-state index in [2.05, 4.69) is 144 Å². The molecule has 0 spiro atoms. The Morgan fingerprint density at radius 2 is 0.878 bits per heavy atom. The smallest absolute Gasteiger partial charge is 0.0960 e. The highest BCUT2D eigenvalue weighted by molar-refractivity contribution is 6.26. The maximum atomic E-state index is 10.9. The Labute approximate surface area is 435 Å². The van der Waals surface area contributed by atoms with E-state index in [1.807, 2.05) is 52.2 Å². The zero-order valence-electron chi connectivity index (χ0n) is 44.3. The lowest BCUT2D eigenvalue weighted by Crippen LogP contribution is -2.27. The van der Waals surface area contributed by atoms with Crippen molar-refractivity contribution in [3.8, 4) is 0 Å². The molecule has 2 fully saturated rings. The Morgan fingerprint density at radius 3 is 1.22 bits per heavy atom. The molecule has 4 aromatic heterocycles. The van der Waals surface area contributed by atoms with E-state index in [4.69, 9.17) is 19.4 Å². The lowest BCUT2D eigenvalue weighted by molar-refractivity contribution is 0.0551. The average Bonchev–Trinajstić information content (AvgIpc) is 4.14. The van der Waals surface area contributed by atoms with Crippen LogP contribution < -0.4 is 0 Å². The summed E-state index contributed by atoms with van der Waals surface area (Å²) < 4.78 is 16.6. The molecule has 0 radical (unpaired) electrons. The van der Waals surface area contributed by atoms with Crippen molar-refractivity contribution < 1.29 is 19.7 Å². The SMILES string of the molecule is CC1=NCC(C)=C1c1cnc2c3ccc(C(C)(C)O)cc3n(C(c3ccccc3)C3CCOCC3)c2c1.CC1=NCC(C)=C1c1cnc2c3ccc(C(C)(C)O)cc3n(C(c3ccccc3)C3CCOCC3)c2c1. The van der Waals surface area contributed by atoms with Gasteiger partial charge in [0.05, 0.1) is 69.5 Å². The number of rotatable bonds is 10. The lowest BCUT2D eigenvalue weighted by Gasteiger charge is -2.33. The molecule has 0 bridgehead atoms. The van der Waals surface area contributed by atoms with Crippen LogP contribution in [0.2, 0.25) is 0 Å². The van der Waals surface area contributed by atoms with Gasteiger partial charge in [0, 0.05) is 83.3 Å². The van der Waals surface area contributed by atoms with E-state index < -0.39 is 11.2 Å². The summed E-state index contributed by atoms with van der Waals surface area (Å²) in [6.45, 7) is 20.6. The van der Waals surface area contributed by atoms with Crippen LogP contribution in [0, 0.1) is 11.8 Å². The van der Waals surface area contributed by atoms with Crippen molar-refractivity contribution in [3.63, 3.8) is 0 Å². The normalized spacial score (nSPS) is 18.1. The van der Waals surface area contributed by atoms with Crippen LogP contribution in [0.25, 0.3) is 55.0 Å². The standard InChI is InChI=1S/2C32H35N3O2/c2*1-20-18-33-21(2)29(20)24-16-28-30(34-19-24)26-11-10-25(32(3,4)36)17-27(26)35(28)31(22-8-6-5-7-9-22)23-12-14-37-15-13-23/h2*5-11,16-17,19,23,31,36H,12-15,18H2,1-4H3. The fraction of sp³-hybridized carbons (Fsp3) is 0.375. The highest BCUT2D eigenvalue weighted by Crippen LogP contribution is 2.44. The second-order valence-corrected chi connectivity index (χ2v) is 22.2. The van der Waals surface area contributed by atoms with Gasteiger partial charge in [0.25, 0.3) is 0 Å². The zero-order chi connectivity index (χ0) is 51.5. The van der Waals surface area contributed by atoms with Gasteiger partial charge < -0.3 is 28.8 Å². The highest BCUT2D eigenvalue weighted by Gasteiger charge is 2.33. The van der Waals surface area contributed by atoms with Gasteiger partial charge in [-0.15, -0.1) is 0 Å². The first-order valence-electron chi connectivity index (χ1n) is 26.7. The number of aromatic nitrogens is 4. The van der Waals surface area contributed by atoms with Crippen molar-refractivity contribution in [2.45, 2.75) is 104 Å². The molecule has 74 heavy (non-hydrogen) atoms. The van der Waals surface area contributed by atoms with Crippen LogP contribution in [0.5, 0.6) is 0 Å². The Kier molecular flexibility index (Phi) is 13.4. The molecule has 380 valence electrons. The fourth-order valence-corrected chi connectivity index (χ4v) is 12.4. The fourth-order valence-electron chi connectivity index (χ4n) is 12.4. The van der Waals surface area contributed by atoms with Gasteiger partial charge in [-0.3, -0.25) is 20.0 Å². The van der Waals surface area contributed by atoms with Crippen LogP contribution in [0.1, 0.15) is 127 Å². The molecule has 10 nitrogen and oxygen atoms in total. The zero-order valence-corrected chi connectivity index (χ0v) is 44.3. The summed E-state index contributed by atoms with van der Waals surface area (Å²) in [5, 5.41) is 24.0. The molecule has 2 saturated heterocycles. The van der Waals surface area contributed by atoms with Crippen LogP contribution in [0.15, 0.2) is 143 Å². The number of nitrogens with zero attached hydrogens (tertiary/aromatic N) is 6. The van der Waals surface area contributed by atoms with Crippen molar-refractivity contribution in [1.29, 1.82) is 0 Å². The molecule has 4 aromatic carbocycles. The molecule has 10 heteroatoms. The number of hydrogen-bond donors (Lipinski definition) is 2. The third kappa shape index (κ3) is 9.25. The molecule has 0 saturated carbocycles. The number of aliphatic hydroxyl groups is 2. The quantitative estimate of drug-likeness (QED) is 0.141. The van der Waals surface area contributed by atoms with E-state index in [0.717, 1.165) is 143 Å². The average molecular weight is 987 g/mol. The second kappa shape index (κ2) is 19.9. The third-order valence-corrected chi connectivity index (χ3v) is 16.2. The number of hydrogen-bond acceptors (Lipinski definition) is 8. The minimum absolute atomic E-state index is 0.132. The van der Waals surface area contributed by atoms with E-state index in [-0.39, 0.29) is 12.1 Å². The van der Waals surface area contributed by atoms with Crippen molar-refractivity contribution in [2.24, 2.45) is 21.8 Å². The molecule has 0 amide bonds. The Balaban J connectivity index is 0.000000159. The predicted octanol–water partition coefficient (Wildman–Crippen LogP) is 13.4.